The van der Waals surface area contributed by atoms with E-state index in [9.17, 15) is 4.79 Å². The topological polar surface area (TPSA) is 48.1 Å². The molecule has 0 bridgehead atoms. The van der Waals surface area contributed by atoms with E-state index in [4.69, 9.17) is 4.74 Å². The number of hydrogen-bond donors (Lipinski definition) is 1. The Morgan fingerprint density at radius 1 is 0.806 bits per heavy atom. The molecule has 0 aliphatic carbocycles. The molecule has 2 saturated heterocycles. The molecule has 0 saturated carbocycles. The number of ether oxygens (including phenoxy) is 1. The first-order valence-corrected chi connectivity index (χ1v) is 13.3. The molecule has 1 amide bonds. The van der Waals surface area contributed by atoms with E-state index in [1.165, 1.54) is 37.9 Å². The fraction of sp³-hybridized carbons (Fsp3) is 0.433. The highest BCUT2D eigenvalue weighted by Gasteiger charge is 2.15. The highest BCUT2D eigenvalue weighted by molar-refractivity contribution is 6.10. The number of likely N-dealkylation sites (N-methyl/N-ethyl adjacent to an activating group) is 1. The second kappa shape index (κ2) is 11.9. The minimum Gasteiger partial charge on any atom is -0.492 e. The average molecular weight is 487 g/mol. The first-order chi connectivity index (χ1) is 17.7. The molecule has 6 nitrogen and oxygen atoms in total. The summed E-state index contributed by atoms with van der Waals surface area (Å²) in [5.41, 5.74) is 2.74. The van der Waals surface area contributed by atoms with Crippen LogP contribution in [-0.4, -0.2) is 80.1 Å². The van der Waals surface area contributed by atoms with Crippen molar-refractivity contribution in [2.45, 2.75) is 25.8 Å². The van der Waals surface area contributed by atoms with Gasteiger partial charge in [0, 0.05) is 61.3 Å². The SMILES string of the molecule is CN1CCN(CCOc2ccc(NC(=O)c3ccc(CN4CCCCC4)cc3)c3ccccc23)CC1. The smallest absolute Gasteiger partial charge is 0.255 e. The number of hydrogen-bond acceptors (Lipinski definition) is 5. The maximum Gasteiger partial charge on any atom is 0.255 e. The number of nitrogens with zero attached hydrogens (tertiary/aromatic N) is 3. The van der Waals surface area contributed by atoms with Crippen LogP contribution >= 0.6 is 0 Å². The van der Waals surface area contributed by atoms with Crippen LogP contribution in [0.15, 0.2) is 60.7 Å². The van der Waals surface area contributed by atoms with E-state index in [1.54, 1.807) is 0 Å². The Morgan fingerprint density at radius 3 is 2.28 bits per heavy atom. The molecule has 0 radical (unpaired) electrons. The van der Waals surface area contributed by atoms with Crippen LogP contribution in [0.5, 0.6) is 5.75 Å². The van der Waals surface area contributed by atoms with Gasteiger partial charge in [-0.2, -0.15) is 0 Å². The van der Waals surface area contributed by atoms with Gasteiger partial charge < -0.3 is 15.0 Å². The van der Waals surface area contributed by atoms with Crippen molar-refractivity contribution in [2.75, 3.05) is 64.8 Å². The summed E-state index contributed by atoms with van der Waals surface area (Å²) in [6.07, 6.45) is 3.91. The molecule has 1 N–H and O–H groups in total. The molecule has 2 heterocycles. The monoisotopic (exact) mass is 486 g/mol. The number of carbonyl (C=O) groups excluding carboxylic acids is 1. The molecule has 3 aromatic carbocycles. The molecule has 0 atom stereocenters. The van der Waals surface area contributed by atoms with E-state index in [0.29, 0.717) is 12.2 Å². The van der Waals surface area contributed by atoms with Crippen molar-refractivity contribution < 1.29 is 9.53 Å². The van der Waals surface area contributed by atoms with E-state index in [2.05, 4.69) is 45.3 Å². The predicted octanol–water partition coefficient (Wildman–Crippen LogP) is 4.70. The van der Waals surface area contributed by atoms with Crippen molar-refractivity contribution in [1.29, 1.82) is 0 Å². The zero-order chi connectivity index (χ0) is 24.7. The second-order valence-electron chi connectivity index (χ2n) is 10.1. The highest BCUT2D eigenvalue weighted by Crippen LogP contribution is 2.32. The molecule has 6 heteroatoms. The Balaban J connectivity index is 1.21. The lowest BCUT2D eigenvalue weighted by atomic mass is 10.1. The van der Waals surface area contributed by atoms with Crippen molar-refractivity contribution >= 4 is 22.4 Å². The Labute approximate surface area is 214 Å². The largest absolute Gasteiger partial charge is 0.492 e. The summed E-state index contributed by atoms with van der Waals surface area (Å²) >= 11 is 0. The maximum atomic E-state index is 13.1. The summed E-state index contributed by atoms with van der Waals surface area (Å²) < 4.78 is 6.20. The van der Waals surface area contributed by atoms with E-state index >= 15 is 0 Å². The third-order valence-corrected chi connectivity index (χ3v) is 7.46. The fourth-order valence-electron chi connectivity index (χ4n) is 5.19. The van der Waals surface area contributed by atoms with Gasteiger partial charge >= 0.3 is 0 Å². The van der Waals surface area contributed by atoms with E-state index in [-0.39, 0.29) is 5.91 Å². The van der Waals surface area contributed by atoms with Crippen LogP contribution in [0, 0.1) is 0 Å². The number of likely N-dealkylation sites (tertiary alicyclic amines) is 1. The third kappa shape index (κ3) is 6.25. The zero-order valence-electron chi connectivity index (χ0n) is 21.4. The number of rotatable bonds is 8. The number of benzene rings is 3. The number of fused-ring (bicyclic) bond motifs is 1. The van der Waals surface area contributed by atoms with Crippen molar-refractivity contribution in [3.05, 3.63) is 71.8 Å². The molecular weight excluding hydrogens is 448 g/mol. The first-order valence-electron chi connectivity index (χ1n) is 13.3. The minimum absolute atomic E-state index is 0.0894. The normalized spacial score (nSPS) is 17.8. The molecule has 190 valence electrons. The number of piperidine rings is 1. The minimum atomic E-state index is -0.0894. The van der Waals surface area contributed by atoms with Gasteiger partial charge in [0.15, 0.2) is 0 Å². The molecule has 3 aromatic rings. The number of piperazine rings is 1. The number of nitrogens with one attached hydrogen (secondary N) is 1. The summed E-state index contributed by atoms with van der Waals surface area (Å²) in [6.45, 7) is 9.28. The zero-order valence-corrected chi connectivity index (χ0v) is 21.4. The van der Waals surface area contributed by atoms with E-state index in [0.717, 1.165) is 61.5 Å². The second-order valence-corrected chi connectivity index (χ2v) is 10.1. The summed E-state index contributed by atoms with van der Waals surface area (Å²) in [5.74, 6) is 0.771. The van der Waals surface area contributed by atoms with Crippen LogP contribution in [-0.2, 0) is 6.54 Å². The van der Waals surface area contributed by atoms with Crippen LogP contribution < -0.4 is 10.1 Å². The Kier molecular flexibility index (Phi) is 8.16. The molecule has 2 fully saturated rings. The van der Waals surface area contributed by atoms with Crippen molar-refractivity contribution in [1.82, 2.24) is 14.7 Å². The molecule has 0 aromatic heterocycles. The van der Waals surface area contributed by atoms with Gasteiger partial charge in [-0.1, -0.05) is 42.8 Å². The highest BCUT2D eigenvalue weighted by atomic mass is 16.5. The van der Waals surface area contributed by atoms with Crippen LogP contribution in [0.3, 0.4) is 0 Å². The fourth-order valence-corrected chi connectivity index (χ4v) is 5.19. The standard InChI is InChI=1S/C30H38N4O2/c1-32-17-19-33(20-18-32)21-22-36-29-14-13-28(26-7-3-4-8-27(26)29)31-30(35)25-11-9-24(10-12-25)23-34-15-5-2-6-16-34/h3-4,7-14H,2,5-6,15-23H2,1H3,(H,31,35). The Morgan fingerprint density at radius 2 is 1.53 bits per heavy atom. The Hall–Kier alpha value is -2.93. The number of anilines is 1. The van der Waals surface area contributed by atoms with Crippen molar-refractivity contribution in [2.24, 2.45) is 0 Å². The van der Waals surface area contributed by atoms with Gasteiger partial charge in [0.2, 0.25) is 0 Å². The summed E-state index contributed by atoms with van der Waals surface area (Å²) in [6, 6.07) is 20.1. The first kappa shape index (κ1) is 24.8. The molecule has 5 rings (SSSR count). The summed E-state index contributed by atoms with van der Waals surface area (Å²) in [4.78, 5) is 20.4. The Bertz CT molecular complexity index is 1150. The van der Waals surface area contributed by atoms with Gasteiger partial charge in [0.05, 0.1) is 0 Å². The molecule has 2 aliphatic heterocycles. The molecule has 0 spiro atoms. The van der Waals surface area contributed by atoms with Gasteiger partial charge in [-0.3, -0.25) is 14.6 Å². The van der Waals surface area contributed by atoms with Crippen LogP contribution in [0.2, 0.25) is 0 Å². The quantitative estimate of drug-likeness (QED) is 0.500. The predicted molar refractivity (Wildman–Crippen MR) is 147 cm³/mol. The molecular formula is C30H38N4O2. The van der Waals surface area contributed by atoms with Gasteiger partial charge in [0.1, 0.15) is 12.4 Å². The molecule has 2 aliphatic rings. The number of amides is 1. The van der Waals surface area contributed by atoms with Crippen LogP contribution in [0.4, 0.5) is 5.69 Å². The van der Waals surface area contributed by atoms with Crippen molar-refractivity contribution in [3.8, 4) is 5.75 Å². The molecule has 0 unspecified atom stereocenters. The van der Waals surface area contributed by atoms with E-state index in [1.807, 2.05) is 42.5 Å². The lowest BCUT2D eigenvalue weighted by molar-refractivity contribution is 0.102. The lowest BCUT2D eigenvalue weighted by Gasteiger charge is -2.32. The van der Waals surface area contributed by atoms with Crippen LogP contribution in [0.25, 0.3) is 10.8 Å². The van der Waals surface area contributed by atoms with Gasteiger partial charge in [-0.05, 0) is 62.8 Å². The van der Waals surface area contributed by atoms with Gasteiger partial charge in [-0.25, -0.2) is 0 Å². The van der Waals surface area contributed by atoms with Crippen molar-refractivity contribution in [3.63, 3.8) is 0 Å². The van der Waals surface area contributed by atoms with Gasteiger partial charge in [-0.15, -0.1) is 0 Å². The molecule has 36 heavy (non-hydrogen) atoms. The maximum absolute atomic E-state index is 13.1. The van der Waals surface area contributed by atoms with E-state index < -0.39 is 0 Å². The lowest BCUT2D eigenvalue weighted by Crippen LogP contribution is -2.45. The van der Waals surface area contributed by atoms with Gasteiger partial charge in [0.25, 0.3) is 5.91 Å². The van der Waals surface area contributed by atoms with Crippen LogP contribution in [0.1, 0.15) is 35.2 Å². The number of carbonyl (C=O) groups is 1. The third-order valence-electron chi connectivity index (χ3n) is 7.46. The average Bonchev–Trinajstić information content (AvgIpc) is 2.92. The summed E-state index contributed by atoms with van der Waals surface area (Å²) in [7, 11) is 2.17. The summed E-state index contributed by atoms with van der Waals surface area (Å²) in [5, 5.41) is 5.13.